The minimum absolute atomic E-state index is 0.459. The third-order valence-corrected chi connectivity index (χ3v) is 4.35. The molecule has 4 heteroatoms. The van der Waals surface area contributed by atoms with Crippen LogP contribution in [0.5, 0.6) is 0 Å². The molecule has 2 fully saturated rings. The first-order chi connectivity index (χ1) is 8.74. The van der Waals surface area contributed by atoms with Gasteiger partial charge in [-0.1, -0.05) is 0 Å². The van der Waals surface area contributed by atoms with Gasteiger partial charge < -0.3 is 5.32 Å². The topological polar surface area (TPSA) is 33.1 Å². The van der Waals surface area contributed by atoms with Crippen molar-refractivity contribution < 1.29 is 0 Å². The van der Waals surface area contributed by atoms with E-state index < -0.39 is 0 Å². The Kier molecular flexibility index (Phi) is 3.39. The zero-order valence-corrected chi connectivity index (χ0v) is 11.5. The SMILES string of the molecule is CC(C)n1ccc(CN2CCCC3CNCC32)n1. The van der Waals surface area contributed by atoms with Crippen LogP contribution in [-0.2, 0) is 6.54 Å². The lowest BCUT2D eigenvalue weighted by Crippen LogP contribution is -2.44. The summed E-state index contributed by atoms with van der Waals surface area (Å²) in [5, 5.41) is 8.21. The molecule has 1 N–H and O–H groups in total. The summed E-state index contributed by atoms with van der Waals surface area (Å²) in [5.74, 6) is 0.867. The Hall–Kier alpha value is -0.870. The Morgan fingerprint density at radius 2 is 2.33 bits per heavy atom. The minimum atomic E-state index is 0.459. The van der Waals surface area contributed by atoms with E-state index in [1.165, 1.54) is 31.6 Å². The molecule has 18 heavy (non-hydrogen) atoms. The second-order valence-electron chi connectivity index (χ2n) is 5.98. The van der Waals surface area contributed by atoms with Gasteiger partial charge in [-0.3, -0.25) is 9.58 Å². The minimum Gasteiger partial charge on any atom is -0.315 e. The van der Waals surface area contributed by atoms with E-state index >= 15 is 0 Å². The number of nitrogens with zero attached hydrogens (tertiary/aromatic N) is 3. The Balaban J connectivity index is 1.67. The van der Waals surface area contributed by atoms with Crippen LogP contribution in [0.1, 0.15) is 38.4 Å². The van der Waals surface area contributed by atoms with Crippen molar-refractivity contribution in [3.8, 4) is 0 Å². The largest absolute Gasteiger partial charge is 0.315 e. The second kappa shape index (κ2) is 5.02. The molecule has 0 saturated carbocycles. The summed E-state index contributed by atoms with van der Waals surface area (Å²) >= 11 is 0. The normalized spacial score (nSPS) is 28.8. The van der Waals surface area contributed by atoms with E-state index in [2.05, 4.69) is 46.1 Å². The maximum atomic E-state index is 4.67. The van der Waals surface area contributed by atoms with Crippen molar-refractivity contribution >= 4 is 0 Å². The first kappa shape index (κ1) is 12.2. The van der Waals surface area contributed by atoms with Gasteiger partial charge in [0.2, 0.25) is 0 Å². The van der Waals surface area contributed by atoms with Gasteiger partial charge in [-0.05, 0) is 51.8 Å². The summed E-state index contributed by atoms with van der Waals surface area (Å²) in [5.41, 5.74) is 1.22. The number of likely N-dealkylation sites (tertiary alicyclic amines) is 1. The number of rotatable bonds is 3. The fourth-order valence-electron chi connectivity index (χ4n) is 3.32. The molecule has 0 radical (unpaired) electrons. The van der Waals surface area contributed by atoms with E-state index in [0.717, 1.165) is 25.0 Å². The van der Waals surface area contributed by atoms with Gasteiger partial charge in [0.05, 0.1) is 5.69 Å². The number of hydrogen-bond acceptors (Lipinski definition) is 3. The molecule has 1 aromatic heterocycles. The quantitative estimate of drug-likeness (QED) is 0.883. The number of hydrogen-bond donors (Lipinski definition) is 1. The Morgan fingerprint density at radius 3 is 3.11 bits per heavy atom. The fraction of sp³-hybridized carbons (Fsp3) is 0.786. The molecule has 3 heterocycles. The van der Waals surface area contributed by atoms with Crippen molar-refractivity contribution in [2.45, 2.75) is 45.3 Å². The highest BCUT2D eigenvalue weighted by molar-refractivity contribution is 5.02. The van der Waals surface area contributed by atoms with Gasteiger partial charge in [0.1, 0.15) is 0 Å². The lowest BCUT2D eigenvalue weighted by Gasteiger charge is -2.36. The highest BCUT2D eigenvalue weighted by Gasteiger charge is 2.34. The lowest BCUT2D eigenvalue weighted by atomic mass is 9.92. The number of fused-ring (bicyclic) bond motifs is 1. The molecular formula is C14H24N4. The highest BCUT2D eigenvalue weighted by atomic mass is 15.3. The molecule has 0 bridgehead atoms. The number of nitrogens with one attached hydrogen (secondary N) is 1. The van der Waals surface area contributed by atoms with E-state index in [4.69, 9.17) is 0 Å². The number of piperidine rings is 1. The van der Waals surface area contributed by atoms with Gasteiger partial charge in [-0.2, -0.15) is 5.10 Å². The Labute approximate surface area is 109 Å². The maximum Gasteiger partial charge on any atom is 0.0765 e. The van der Waals surface area contributed by atoms with Crippen molar-refractivity contribution in [1.82, 2.24) is 20.0 Å². The van der Waals surface area contributed by atoms with Crippen molar-refractivity contribution in [2.75, 3.05) is 19.6 Å². The summed E-state index contributed by atoms with van der Waals surface area (Å²) in [6.07, 6.45) is 4.84. The molecule has 0 amide bonds. The Morgan fingerprint density at radius 1 is 1.44 bits per heavy atom. The van der Waals surface area contributed by atoms with Crippen LogP contribution in [0.15, 0.2) is 12.3 Å². The molecule has 3 rings (SSSR count). The average Bonchev–Trinajstić information content (AvgIpc) is 2.97. The van der Waals surface area contributed by atoms with Crippen molar-refractivity contribution in [2.24, 2.45) is 5.92 Å². The van der Waals surface area contributed by atoms with Gasteiger partial charge in [0, 0.05) is 31.4 Å². The van der Waals surface area contributed by atoms with Gasteiger partial charge in [-0.15, -0.1) is 0 Å². The van der Waals surface area contributed by atoms with Crippen LogP contribution in [0.3, 0.4) is 0 Å². The van der Waals surface area contributed by atoms with E-state index in [1.807, 2.05) is 0 Å². The number of aromatic nitrogens is 2. The summed E-state index contributed by atoms with van der Waals surface area (Å²) in [6, 6.07) is 3.37. The second-order valence-corrected chi connectivity index (χ2v) is 5.98. The molecule has 100 valence electrons. The monoisotopic (exact) mass is 248 g/mol. The first-order valence-corrected chi connectivity index (χ1v) is 7.23. The molecule has 2 atom stereocenters. The standard InChI is InChI=1S/C14H24N4/c1-11(2)18-7-5-13(16-18)10-17-6-3-4-12-8-15-9-14(12)17/h5,7,11-12,14-15H,3-4,6,8-10H2,1-2H3. The van der Waals surface area contributed by atoms with Gasteiger partial charge >= 0.3 is 0 Å². The third kappa shape index (κ3) is 2.31. The summed E-state index contributed by atoms with van der Waals surface area (Å²) < 4.78 is 2.06. The van der Waals surface area contributed by atoms with Crippen molar-refractivity contribution in [1.29, 1.82) is 0 Å². The molecule has 2 saturated heterocycles. The van der Waals surface area contributed by atoms with Crippen LogP contribution >= 0.6 is 0 Å². The highest BCUT2D eigenvalue weighted by Crippen LogP contribution is 2.27. The molecule has 1 aromatic rings. The van der Waals surface area contributed by atoms with Crippen LogP contribution in [0.25, 0.3) is 0 Å². The molecule has 2 aliphatic rings. The predicted molar refractivity (Wildman–Crippen MR) is 72.4 cm³/mol. The van der Waals surface area contributed by atoms with Gasteiger partial charge in [0.15, 0.2) is 0 Å². The van der Waals surface area contributed by atoms with Crippen LogP contribution in [0, 0.1) is 5.92 Å². The van der Waals surface area contributed by atoms with Crippen LogP contribution in [0.2, 0.25) is 0 Å². The lowest BCUT2D eigenvalue weighted by molar-refractivity contribution is 0.116. The summed E-state index contributed by atoms with van der Waals surface area (Å²) in [6.45, 7) is 8.97. The zero-order valence-electron chi connectivity index (χ0n) is 11.5. The Bertz CT molecular complexity index is 398. The van der Waals surface area contributed by atoms with E-state index in [1.54, 1.807) is 0 Å². The third-order valence-electron chi connectivity index (χ3n) is 4.35. The predicted octanol–water partition coefficient (Wildman–Crippen LogP) is 1.65. The summed E-state index contributed by atoms with van der Waals surface area (Å²) in [4.78, 5) is 2.63. The van der Waals surface area contributed by atoms with Crippen LogP contribution in [-0.4, -0.2) is 40.4 Å². The molecule has 4 nitrogen and oxygen atoms in total. The van der Waals surface area contributed by atoms with Crippen LogP contribution in [0.4, 0.5) is 0 Å². The molecule has 0 spiro atoms. The van der Waals surface area contributed by atoms with Gasteiger partial charge in [-0.25, -0.2) is 0 Å². The molecule has 0 aromatic carbocycles. The van der Waals surface area contributed by atoms with E-state index in [0.29, 0.717) is 6.04 Å². The molecule has 2 unspecified atom stereocenters. The van der Waals surface area contributed by atoms with E-state index in [9.17, 15) is 0 Å². The molecule has 2 aliphatic heterocycles. The van der Waals surface area contributed by atoms with Crippen molar-refractivity contribution in [3.63, 3.8) is 0 Å². The smallest absolute Gasteiger partial charge is 0.0765 e. The molecule has 0 aliphatic carbocycles. The summed E-state index contributed by atoms with van der Waals surface area (Å²) in [7, 11) is 0. The van der Waals surface area contributed by atoms with E-state index in [-0.39, 0.29) is 0 Å². The average molecular weight is 248 g/mol. The maximum absolute atomic E-state index is 4.67. The van der Waals surface area contributed by atoms with Crippen molar-refractivity contribution in [3.05, 3.63) is 18.0 Å². The fourth-order valence-corrected chi connectivity index (χ4v) is 3.32. The van der Waals surface area contributed by atoms with Gasteiger partial charge in [0.25, 0.3) is 0 Å². The molecular weight excluding hydrogens is 224 g/mol. The van der Waals surface area contributed by atoms with Crippen LogP contribution < -0.4 is 5.32 Å². The first-order valence-electron chi connectivity index (χ1n) is 7.23. The zero-order chi connectivity index (χ0) is 12.5.